The van der Waals surface area contributed by atoms with Crippen molar-refractivity contribution in [2.75, 3.05) is 26.7 Å². The lowest BCUT2D eigenvalue weighted by atomic mass is 9.83. The number of likely N-dealkylation sites (N-methyl/N-ethyl adjacent to an activating group) is 1. The fourth-order valence-corrected chi connectivity index (χ4v) is 3.08. The van der Waals surface area contributed by atoms with E-state index >= 15 is 0 Å². The summed E-state index contributed by atoms with van der Waals surface area (Å²) in [5, 5.41) is 0. The molecule has 2 rings (SSSR count). The fourth-order valence-electron chi connectivity index (χ4n) is 3.08. The van der Waals surface area contributed by atoms with Gasteiger partial charge in [0.2, 0.25) is 0 Å². The van der Waals surface area contributed by atoms with Gasteiger partial charge >= 0.3 is 0 Å². The number of hydrogen-bond donors (Lipinski definition) is 0. The predicted molar refractivity (Wildman–Crippen MR) is 109 cm³/mol. The van der Waals surface area contributed by atoms with Gasteiger partial charge in [-0.15, -0.1) is 12.4 Å². The Kier molecular flexibility index (Phi) is 9.51. The molecule has 3 heteroatoms. The molecule has 2 nitrogen and oxygen atoms in total. The lowest BCUT2D eigenvalue weighted by Crippen LogP contribution is -2.36. The van der Waals surface area contributed by atoms with Crippen LogP contribution in [0.5, 0.6) is 0 Å². The maximum Gasteiger partial charge on any atom is 0.119 e. The van der Waals surface area contributed by atoms with Gasteiger partial charge in [0.05, 0.1) is 0 Å². The van der Waals surface area contributed by atoms with Crippen LogP contribution >= 0.6 is 12.4 Å². The molecule has 0 aromatic heterocycles. The molecule has 0 atom stereocenters. The summed E-state index contributed by atoms with van der Waals surface area (Å²) in [4.78, 5) is 2.33. The van der Waals surface area contributed by atoms with Gasteiger partial charge in [-0.25, -0.2) is 0 Å². The van der Waals surface area contributed by atoms with E-state index in [4.69, 9.17) is 4.74 Å². The Bertz CT molecular complexity index is 573. The van der Waals surface area contributed by atoms with Crippen LogP contribution in [0.15, 0.2) is 72.8 Å². The molecule has 0 bridgehead atoms. The lowest BCUT2D eigenvalue weighted by molar-refractivity contribution is -0.0221. The zero-order valence-corrected chi connectivity index (χ0v) is 16.3. The lowest BCUT2D eigenvalue weighted by Gasteiger charge is -2.36. The Labute approximate surface area is 158 Å². The summed E-state index contributed by atoms with van der Waals surface area (Å²) in [7, 11) is 2.16. The molecular weight excluding hydrogens is 330 g/mol. The smallest absolute Gasteiger partial charge is 0.119 e. The molecule has 25 heavy (non-hydrogen) atoms. The summed E-state index contributed by atoms with van der Waals surface area (Å²) < 4.78 is 6.41. The molecule has 0 N–H and O–H groups in total. The second kappa shape index (κ2) is 11.1. The summed E-state index contributed by atoms with van der Waals surface area (Å²) in [6.07, 6.45) is 5.21. The van der Waals surface area contributed by atoms with Crippen LogP contribution in [-0.4, -0.2) is 31.6 Å². The summed E-state index contributed by atoms with van der Waals surface area (Å²) in [5.74, 6) is 0. The number of hydrogen-bond acceptors (Lipinski definition) is 2. The van der Waals surface area contributed by atoms with Crippen molar-refractivity contribution in [3.63, 3.8) is 0 Å². The molecule has 2 aromatic rings. The largest absolute Gasteiger partial charge is 0.366 e. The molecule has 0 radical (unpaired) electrons. The number of halogens is 1. The molecule has 0 amide bonds. The highest BCUT2D eigenvalue weighted by Gasteiger charge is 2.34. The highest BCUT2D eigenvalue weighted by molar-refractivity contribution is 5.85. The Balaban J connectivity index is 0.00000312. The number of nitrogens with zero attached hydrogens (tertiary/aromatic N) is 1. The second-order valence-electron chi connectivity index (χ2n) is 6.07. The van der Waals surface area contributed by atoms with E-state index in [1.54, 1.807) is 0 Å². The van der Waals surface area contributed by atoms with Gasteiger partial charge in [-0.05, 0) is 38.4 Å². The van der Waals surface area contributed by atoms with Gasteiger partial charge < -0.3 is 9.64 Å². The van der Waals surface area contributed by atoms with Gasteiger partial charge in [0.25, 0.3) is 0 Å². The van der Waals surface area contributed by atoms with Gasteiger partial charge in [0.1, 0.15) is 5.60 Å². The SMILES string of the molecule is C/C=C/CN(C)CCC(OCC)(c1ccccc1)c1ccccc1.Cl. The van der Waals surface area contributed by atoms with Crippen LogP contribution in [-0.2, 0) is 10.3 Å². The minimum absolute atomic E-state index is 0. The van der Waals surface area contributed by atoms with Crippen LogP contribution in [0.25, 0.3) is 0 Å². The monoisotopic (exact) mass is 359 g/mol. The normalized spacial score (nSPS) is 11.7. The first-order valence-corrected chi connectivity index (χ1v) is 8.77. The average Bonchev–Trinajstić information content (AvgIpc) is 2.65. The first kappa shape index (κ1) is 21.4. The molecule has 0 saturated carbocycles. The van der Waals surface area contributed by atoms with E-state index in [9.17, 15) is 0 Å². The minimum Gasteiger partial charge on any atom is -0.366 e. The molecule has 0 aliphatic carbocycles. The van der Waals surface area contributed by atoms with Crippen molar-refractivity contribution in [1.29, 1.82) is 0 Å². The fraction of sp³-hybridized carbons (Fsp3) is 0.364. The van der Waals surface area contributed by atoms with E-state index in [-0.39, 0.29) is 12.4 Å². The molecule has 136 valence electrons. The summed E-state index contributed by atoms with van der Waals surface area (Å²) in [6, 6.07) is 21.2. The van der Waals surface area contributed by atoms with Crippen molar-refractivity contribution in [2.24, 2.45) is 0 Å². The van der Waals surface area contributed by atoms with Crippen molar-refractivity contribution < 1.29 is 4.74 Å². The molecular formula is C22H30ClNO. The topological polar surface area (TPSA) is 12.5 Å². The van der Waals surface area contributed by atoms with E-state index in [0.29, 0.717) is 6.61 Å². The van der Waals surface area contributed by atoms with E-state index in [0.717, 1.165) is 19.5 Å². The molecule has 0 heterocycles. The summed E-state index contributed by atoms with van der Waals surface area (Å²) in [6.45, 7) is 6.75. The minimum atomic E-state index is -0.401. The van der Waals surface area contributed by atoms with E-state index < -0.39 is 5.60 Å². The standard InChI is InChI=1S/C22H29NO.ClH/c1-4-6-18-23(3)19-17-22(24-5-2,20-13-9-7-10-14-20)21-15-11-8-12-16-21;/h4,6-16H,5,17-19H2,1-3H3;1H/b6-4+;. The van der Waals surface area contributed by atoms with Gasteiger partial charge in [-0.1, -0.05) is 72.8 Å². The van der Waals surface area contributed by atoms with Crippen molar-refractivity contribution in [3.8, 4) is 0 Å². The van der Waals surface area contributed by atoms with Crippen LogP contribution in [0.4, 0.5) is 0 Å². The first-order valence-electron chi connectivity index (χ1n) is 8.77. The van der Waals surface area contributed by atoms with Gasteiger partial charge in [0.15, 0.2) is 0 Å². The van der Waals surface area contributed by atoms with Gasteiger partial charge in [-0.2, -0.15) is 0 Å². The van der Waals surface area contributed by atoms with E-state index in [1.807, 2.05) is 0 Å². The Morgan fingerprint density at radius 3 is 1.92 bits per heavy atom. The predicted octanol–water partition coefficient (Wildman–Crippen LogP) is 5.29. The Morgan fingerprint density at radius 2 is 1.48 bits per heavy atom. The van der Waals surface area contributed by atoms with Gasteiger partial charge in [-0.3, -0.25) is 0 Å². The molecule has 0 unspecified atom stereocenters. The number of allylic oxidation sites excluding steroid dienone is 1. The molecule has 2 aromatic carbocycles. The highest BCUT2D eigenvalue weighted by Crippen LogP contribution is 2.37. The van der Waals surface area contributed by atoms with Crippen LogP contribution in [0.1, 0.15) is 31.4 Å². The third-order valence-electron chi connectivity index (χ3n) is 4.37. The molecule has 0 fully saturated rings. The third kappa shape index (κ3) is 5.71. The van der Waals surface area contributed by atoms with E-state index in [2.05, 4.69) is 98.6 Å². The van der Waals surface area contributed by atoms with Crippen LogP contribution in [0.3, 0.4) is 0 Å². The van der Waals surface area contributed by atoms with Crippen LogP contribution in [0, 0.1) is 0 Å². The van der Waals surface area contributed by atoms with Crippen LogP contribution in [0.2, 0.25) is 0 Å². The highest BCUT2D eigenvalue weighted by atomic mass is 35.5. The summed E-state index contributed by atoms with van der Waals surface area (Å²) in [5.41, 5.74) is 2.04. The maximum absolute atomic E-state index is 6.41. The number of ether oxygens (including phenoxy) is 1. The van der Waals surface area contributed by atoms with Crippen molar-refractivity contribution in [2.45, 2.75) is 25.9 Å². The van der Waals surface area contributed by atoms with E-state index in [1.165, 1.54) is 11.1 Å². The maximum atomic E-state index is 6.41. The second-order valence-corrected chi connectivity index (χ2v) is 6.07. The van der Waals surface area contributed by atoms with Crippen molar-refractivity contribution in [3.05, 3.63) is 83.9 Å². The quantitative estimate of drug-likeness (QED) is 0.564. The molecule has 0 spiro atoms. The zero-order chi connectivity index (χ0) is 17.3. The molecule has 0 aliphatic heterocycles. The average molecular weight is 360 g/mol. The van der Waals surface area contributed by atoms with Crippen molar-refractivity contribution >= 4 is 12.4 Å². The Hall–Kier alpha value is -1.61. The zero-order valence-electron chi connectivity index (χ0n) is 15.5. The Morgan fingerprint density at radius 1 is 0.960 bits per heavy atom. The molecule has 0 aliphatic rings. The van der Waals surface area contributed by atoms with Crippen LogP contribution < -0.4 is 0 Å². The van der Waals surface area contributed by atoms with Gasteiger partial charge in [0, 0.05) is 19.7 Å². The summed E-state index contributed by atoms with van der Waals surface area (Å²) >= 11 is 0. The molecule has 0 saturated heterocycles. The third-order valence-corrected chi connectivity index (χ3v) is 4.37. The van der Waals surface area contributed by atoms with Crippen molar-refractivity contribution in [1.82, 2.24) is 4.90 Å². The first-order chi connectivity index (χ1) is 11.7. The number of benzene rings is 2. The number of rotatable bonds is 9.